The number of hydrogen-bond acceptors (Lipinski definition) is 6. The van der Waals surface area contributed by atoms with Crippen molar-refractivity contribution in [3.8, 4) is 0 Å². The normalized spacial score (nSPS) is 19.4. The Morgan fingerprint density at radius 1 is 1.26 bits per heavy atom. The summed E-state index contributed by atoms with van der Waals surface area (Å²) >= 11 is 0. The van der Waals surface area contributed by atoms with Crippen molar-refractivity contribution >= 4 is 17.9 Å². The number of hydrazine groups is 1. The lowest BCUT2D eigenvalue weighted by molar-refractivity contribution is 0.0941. The first kappa shape index (κ1) is 11.9. The second-order valence-electron chi connectivity index (χ2n) is 4.69. The van der Waals surface area contributed by atoms with Gasteiger partial charge in [0.15, 0.2) is 0 Å². The van der Waals surface area contributed by atoms with E-state index < -0.39 is 0 Å². The standard InChI is InChI=1S/C12H16N6O/c1-17-4-6-18(7-5-17)12-13-8-9-10(15-12)2-3-14-16-11(9)19/h2-3,8,14H,4-7H2,1H3,(H,16,19). The fraction of sp³-hybridized carbons (Fsp3) is 0.417. The second-order valence-corrected chi connectivity index (χ2v) is 4.69. The maximum atomic E-state index is 11.7. The average molecular weight is 260 g/mol. The first-order chi connectivity index (χ1) is 9.24. The largest absolute Gasteiger partial charge is 0.338 e. The van der Waals surface area contributed by atoms with Crippen LogP contribution in [-0.4, -0.2) is 54.0 Å². The van der Waals surface area contributed by atoms with Crippen LogP contribution in [-0.2, 0) is 0 Å². The minimum atomic E-state index is -0.218. The Morgan fingerprint density at radius 3 is 2.84 bits per heavy atom. The van der Waals surface area contributed by atoms with Crippen LogP contribution in [0.4, 0.5) is 5.95 Å². The van der Waals surface area contributed by atoms with Gasteiger partial charge in [0.25, 0.3) is 5.91 Å². The van der Waals surface area contributed by atoms with Gasteiger partial charge in [0, 0.05) is 38.6 Å². The highest BCUT2D eigenvalue weighted by molar-refractivity contribution is 5.97. The molecule has 0 spiro atoms. The van der Waals surface area contributed by atoms with Crippen LogP contribution < -0.4 is 15.8 Å². The molecule has 0 radical (unpaired) electrons. The fourth-order valence-electron chi connectivity index (χ4n) is 2.14. The van der Waals surface area contributed by atoms with Gasteiger partial charge in [-0.1, -0.05) is 0 Å². The molecule has 7 heteroatoms. The summed E-state index contributed by atoms with van der Waals surface area (Å²) in [4.78, 5) is 24.9. The van der Waals surface area contributed by atoms with Gasteiger partial charge in [-0.05, 0) is 13.1 Å². The quantitative estimate of drug-likeness (QED) is 0.705. The molecule has 0 aromatic carbocycles. The van der Waals surface area contributed by atoms with Crippen LogP contribution in [0.15, 0.2) is 12.4 Å². The molecule has 1 aromatic heterocycles. The maximum Gasteiger partial charge on any atom is 0.273 e. The summed E-state index contributed by atoms with van der Waals surface area (Å²) in [7, 11) is 2.11. The van der Waals surface area contributed by atoms with Gasteiger partial charge in [0.05, 0.1) is 11.3 Å². The van der Waals surface area contributed by atoms with Crippen molar-refractivity contribution < 1.29 is 4.79 Å². The number of piperazine rings is 1. The fourth-order valence-corrected chi connectivity index (χ4v) is 2.14. The third-order valence-electron chi connectivity index (χ3n) is 3.35. The molecule has 0 atom stereocenters. The van der Waals surface area contributed by atoms with Crippen LogP contribution in [0.5, 0.6) is 0 Å². The lowest BCUT2D eigenvalue weighted by Crippen LogP contribution is -2.45. The third-order valence-corrected chi connectivity index (χ3v) is 3.35. The molecule has 2 aliphatic heterocycles. The predicted molar refractivity (Wildman–Crippen MR) is 71.4 cm³/mol. The Labute approximate surface area is 111 Å². The second kappa shape index (κ2) is 4.85. The summed E-state index contributed by atoms with van der Waals surface area (Å²) in [5.74, 6) is 0.469. The van der Waals surface area contributed by atoms with Gasteiger partial charge >= 0.3 is 0 Å². The van der Waals surface area contributed by atoms with Crippen LogP contribution in [0.1, 0.15) is 16.1 Å². The number of rotatable bonds is 1. The Balaban J connectivity index is 1.88. The molecule has 0 bridgehead atoms. The van der Waals surface area contributed by atoms with E-state index in [9.17, 15) is 4.79 Å². The molecule has 0 saturated carbocycles. The molecule has 1 aromatic rings. The monoisotopic (exact) mass is 260 g/mol. The van der Waals surface area contributed by atoms with E-state index in [4.69, 9.17) is 0 Å². The number of aromatic nitrogens is 2. The van der Waals surface area contributed by atoms with E-state index in [-0.39, 0.29) is 5.91 Å². The number of nitrogens with zero attached hydrogens (tertiary/aromatic N) is 4. The molecule has 7 nitrogen and oxygen atoms in total. The Hall–Kier alpha value is -2.15. The van der Waals surface area contributed by atoms with Gasteiger partial charge in [-0.2, -0.15) is 0 Å². The Kier molecular flexibility index (Phi) is 3.04. The first-order valence-electron chi connectivity index (χ1n) is 6.27. The van der Waals surface area contributed by atoms with Gasteiger partial charge in [-0.25, -0.2) is 9.97 Å². The zero-order valence-corrected chi connectivity index (χ0v) is 10.8. The molecule has 100 valence electrons. The van der Waals surface area contributed by atoms with Crippen molar-refractivity contribution in [2.45, 2.75) is 0 Å². The number of anilines is 1. The number of carbonyl (C=O) groups excluding carboxylic acids is 1. The number of likely N-dealkylation sites (N-methyl/N-ethyl adjacent to an activating group) is 1. The number of nitrogens with one attached hydrogen (secondary N) is 2. The van der Waals surface area contributed by atoms with Gasteiger partial charge in [0.2, 0.25) is 5.95 Å². The maximum absolute atomic E-state index is 11.7. The molecule has 19 heavy (non-hydrogen) atoms. The lowest BCUT2D eigenvalue weighted by Gasteiger charge is -2.32. The highest BCUT2D eigenvalue weighted by Crippen LogP contribution is 2.15. The SMILES string of the molecule is CN1CCN(c2ncc3c(n2)C=CNNC3=O)CC1. The molecule has 2 aliphatic rings. The molecule has 3 heterocycles. The summed E-state index contributed by atoms with van der Waals surface area (Å²) in [5.41, 5.74) is 6.34. The summed E-state index contributed by atoms with van der Waals surface area (Å²) in [6, 6.07) is 0. The number of fused-ring (bicyclic) bond motifs is 1. The van der Waals surface area contributed by atoms with Crippen LogP contribution in [0.25, 0.3) is 6.08 Å². The van der Waals surface area contributed by atoms with Crippen molar-refractivity contribution in [1.82, 2.24) is 25.7 Å². The van der Waals surface area contributed by atoms with Crippen LogP contribution in [0, 0.1) is 0 Å². The van der Waals surface area contributed by atoms with E-state index in [1.54, 1.807) is 18.5 Å². The van der Waals surface area contributed by atoms with Crippen molar-refractivity contribution in [3.63, 3.8) is 0 Å². The zero-order valence-electron chi connectivity index (χ0n) is 10.8. The Bertz CT molecular complexity index is 521. The van der Waals surface area contributed by atoms with Crippen LogP contribution in [0.3, 0.4) is 0 Å². The molecule has 0 aliphatic carbocycles. The number of hydrogen-bond donors (Lipinski definition) is 2. The minimum Gasteiger partial charge on any atom is -0.338 e. The summed E-state index contributed by atoms with van der Waals surface area (Å²) in [5, 5.41) is 0. The van der Waals surface area contributed by atoms with E-state index >= 15 is 0 Å². The molecule has 1 saturated heterocycles. The van der Waals surface area contributed by atoms with Crippen LogP contribution >= 0.6 is 0 Å². The van der Waals surface area contributed by atoms with E-state index in [1.165, 1.54) is 0 Å². The summed E-state index contributed by atoms with van der Waals surface area (Å²) in [6.45, 7) is 3.81. The number of carbonyl (C=O) groups is 1. The first-order valence-corrected chi connectivity index (χ1v) is 6.27. The average Bonchev–Trinajstić information content (AvgIpc) is 2.61. The van der Waals surface area contributed by atoms with Crippen molar-refractivity contribution in [3.05, 3.63) is 23.7 Å². The van der Waals surface area contributed by atoms with E-state index in [0.717, 1.165) is 26.2 Å². The predicted octanol–water partition coefficient (Wildman–Crippen LogP) is -0.553. The van der Waals surface area contributed by atoms with Gasteiger partial charge in [-0.3, -0.25) is 10.2 Å². The van der Waals surface area contributed by atoms with E-state index in [0.29, 0.717) is 17.2 Å². The topological polar surface area (TPSA) is 73.4 Å². The van der Waals surface area contributed by atoms with Gasteiger partial charge in [0.1, 0.15) is 0 Å². The molecule has 3 rings (SSSR count). The van der Waals surface area contributed by atoms with E-state index in [1.807, 2.05) is 0 Å². The molecule has 0 unspecified atom stereocenters. The highest BCUT2D eigenvalue weighted by atomic mass is 16.2. The summed E-state index contributed by atoms with van der Waals surface area (Å²) < 4.78 is 0. The van der Waals surface area contributed by atoms with Crippen molar-refractivity contribution in [1.29, 1.82) is 0 Å². The molecular weight excluding hydrogens is 244 g/mol. The van der Waals surface area contributed by atoms with Gasteiger partial charge in [-0.15, -0.1) is 0 Å². The van der Waals surface area contributed by atoms with E-state index in [2.05, 4.69) is 37.7 Å². The summed E-state index contributed by atoms with van der Waals surface area (Å²) in [6.07, 6.45) is 5.02. The third kappa shape index (κ3) is 2.37. The lowest BCUT2D eigenvalue weighted by atomic mass is 10.2. The molecule has 1 amide bonds. The van der Waals surface area contributed by atoms with Gasteiger partial charge < -0.3 is 15.2 Å². The number of amides is 1. The Morgan fingerprint density at radius 2 is 2.05 bits per heavy atom. The van der Waals surface area contributed by atoms with Crippen LogP contribution in [0.2, 0.25) is 0 Å². The van der Waals surface area contributed by atoms with Crippen molar-refractivity contribution in [2.24, 2.45) is 0 Å². The molecule has 2 N–H and O–H groups in total. The smallest absolute Gasteiger partial charge is 0.273 e. The minimum absolute atomic E-state index is 0.218. The zero-order chi connectivity index (χ0) is 13.2. The highest BCUT2D eigenvalue weighted by Gasteiger charge is 2.19. The van der Waals surface area contributed by atoms with Crippen molar-refractivity contribution in [2.75, 3.05) is 38.1 Å². The molecular formula is C12H16N6O. The molecule has 1 fully saturated rings.